The van der Waals surface area contributed by atoms with Crippen LogP contribution in [-0.4, -0.2) is 17.6 Å². The van der Waals surface area contributed by atoms with Crippen LogP contribution in [0.1, 0.15) is 28.4 Å². The van der Waals surface area contributed by atoms with Gasteiger partial charge in [-0.05, 0) is 42.3 Å². The number of aryl methyl sites for hydroxylation is 1. The SMILES string of the molecule is CCc1ccc(NC(=O)c2cccc(C#CCO)c2)cc1. The average molecular weight is 279 g/mol. The molecule has 2 N–H and O–H groups in total. The lowest BCUT2D eigenvalue weighted by molar-refractivity contribution is 0.102. The van der Waals surface area contributed by atoms with E-state index < -0.39 is 0 Å². The van der Waals surface area contributed by atoms with Crippen molar-refractivity contribution in [1.29, 1.82) is 0 Å². The van der Waals surface area contributed by atoms with E-state index in [1.165, 1.54) is 5.56 Å². The topological polar surface area (TPSA) is 49.3 Å². The largest absolute Gasteiger partial charge is 0.384 e. The van der Waals surface area contributed by atoms with Gasteiger partial charge in [0, 0.05) is 16.8 Å². The molecular formula is C18H17NO2. The molecule has 2 aromatic rings. The van der Waals surface area contributed by atoms with Gasteiger partial charge < -0.3 is 10.4 Å². The Balaban J connectivity index is 2.12. The highest BCUT2D eigenvalue weighted by molar-refractivity contribution is 6.04. The van der Waals surface area contributed by atoms with Gasteiger partial charge in [-0.1, -0.05) is 37.0 Å². The first-order chi connectivity index (χ1) is 10.2. The molecule has 0 aromatic heterocycles. The maximum Gasteiger partial charge on any atom is 0.255 e. The van der Waals surface area contributed by atoms with E-state index in [-0.39, 0.29) is 12.5 Å². The van der Waals surface area contributed by atoms with Crippen LogP contribution in [0.15, 0.2) is 48.5 Å². The maximum absolute atomic E-state index is 12.2. The van der Waals surface area contributed by atoms with Crippen molar-refractivity contribution in [2.24, 2.45) is 0 Å². The number of aliphatic hydroxyl groups is 1. The summed E-state index contributed by atoms with van der Waals surface area (Å²) in [6.45, 7) is 1.90. The second-order valence-corrected chi connectivity index (χ2v) is 4.55. The van der Waals surface area contributed by atoms with Crippen molar-refractivity contribution >= 4 is 11.6 Å². The fourth-order valence-electron chi connectivity index (χ4n) is 1.91. The van der Waals surface area contributed by atoms with Gasteiger partial charge in [-0.2, -0.15) is 0 Å². The number of nitrogens with one attached hydrogen (secondary N) is 1. The van der Waals surface area contributed by atoms with E-state index in [0.29, 0.717) is 11.1 Å². The third-order valence-electron chi connectivity index (χ3n) is 3.06. The summed E-state index contributed by atoms with van der Waals surface area (Å²) >= 11 is 0. The van der Waals surface area contributed by atoms with Crippen LogP contribution in [-0.2, 0) is 6.42 Å². The Kier molecular flexibility index (Phi) is 5.14. The molecule has 0 fully saturated rings. The lowest BCUT2D eigenvalue weighted by Gasteiger charge is -2.06. The first kappa shape index (κ1) is 14.8. The smallest absolute Gasteiger partial charge is 0.255 e. The summed E-state index contributed by atoms with van der Waals surface area (Å²) in [6, 6.07) is 14.8. The van der Waals surface area contributed by atoms with E-state index in [4.69, 9.17) is 5.11 Å². The van der Waals surface area contributed by atoms with Crippen molar-refractivity contribution in [2.45, 2.75) is 13.3 Å². The number of anilines is 1. The predicted molar refractivity (Wildman–Crippen MR) is 84.2 cm³/mol. The molecule has 0 aliphatic carbocycles. The minimum atomic E-state index is -0.194. The van der Waals surface area contributed by atoms with Crippen LogP contribution < -0.4 is 5.32 Å². The summed E-state index contributed by atoms with van der Waals surface area (Å²) in [5, 5.41) is 11.5. The number of hydrogen-bond acceptors (Lipinski definition) is 2. The summed E-state index contributed by atoms with van der Waals surface area (Å²) in [4.78, 5) is 12.2. The van der Waals surface area contributed by atoms with Gasteiger partial charge in [-0.3, -0.25) is 4.79 Å². The predicted octanol–water partition coefficient (Wildman–Crippen LogP) is 2.85. The van der Waals surface area contributed by atoms with E-state index in [0.717, 1.165) is 12.1 Å². The van der Waals surface area contributed by atoms with Crippen LogP contribution in [0.4, 0.5) is 5.69 Å². The Morgan fingerprint density at radius 2 is 1.95 bits per heavy atom. The van der Waals surface area contributed by atoms with Crippen molar-refractivity contribution in [3.63, 3.8) is 0 Å². The second-order valence-electron chi connectivity index (χ2n) is 4.55. The summed E-state index contributed by atoms with van der Waals surface area (Å²) in [5.74, 6) is 5.18. The summed E-state index contributed by atoms with van der Waals surface area (Å²) in [6.07, 6.45) is 0.972. The Morgan fingerprint density at radius 3 is 2.62 bits per heavy atom. The Bertz CT molecular complexity index is 678. The highest BCUT2D eigenvalue weighted by atomic mass is 16.2. The highest BCUT2D eigenvalue weighted by Crippen LogP contribution is 2.12. The Hall–Kier alpha value is -2.57. The Morgan fingerprint density at radius 1 is 1.19 bits per heavy atom. The third-order valence-corrected chi connectivity index (χ3v) is 3.06. The number of carbonyl (C=O) groups excluding carboxylic acids is 1. The van der Waals surface area contributed by atoms with Gasteiger partial charge in [-0.25, -0.2) is 0 Å². The zero-order valence-corrected chi connectivity index (χ0v) is 11.9. The normalized spacial score (nSPS) is 9.62. The molecule has 3 heteroatoms. The highest BCUT2D eigenvalue weighted by Gasteiger charge is 2.06. The molecule has 0 heterocycles. The quantitative estimate of drug-likeness (QED) is 0.849. The number of benzene rings is 2. The van der Waals surface area contributed by atoms with Gasteiger partial charge >= 0.3 is 0 Å². The maximum atomic E-state index is 12.2. The summed E-state index contributed by atoms with van der Waals surface area (Å²) < 4.78 is 0. The lowest BCUT2D eigenvalue weighted by Crippen LogP contribution is -2.11. The van der Waals surface area contributed by atoms with E-state index in [1.807, 2.05) is 24.3 Å². The number of carbonyl (C=O) groups is 1. The number of amides is 1. The fraction of sp³-hybridized carbons (Fsp3) is 0.167. The third kappa shape index (κ3) is 4.20. The minimum Gasteiger partial charge on any atom is -0.384 e. The molecule has 0 radical (unpaired) electrons. The lowest BCUT2D eigenvalue weighted by atomic mass is 10.1. The van der Waals surface area contributed by atoms with Gasteiger partial charge in [0.05, 0.1) is 0 Å². The van der Waals surface area contributed by atoms with Gasteiger partial charge in [0.25, 0.3) is 5.91 Å². The second kappa shape index (κ2) is 7.28. The van der Waals surface area contributed by atoms with Crippen LogP contribution in [0.5, 0.6) is 0 Å². The molecule has 0 atom stereocenters. The molecule has 0 aliphatic heterocycles. The molecule has 2 aromatic carbocycles. The molecule has 0 saturated carbocycles. The van der Waals surface area contributed by atoms with Crippen LogP contribution >= 0.6 is 0 Å². The molecular weight excluding hydrogens is 262 g/mol. The molecule has 1 amide bonds. The zero-order chi connectivity index (χ0) is 15.1. The number of aliphatic hydroxyl groups excluding tert-OH is 1. The molecule has 106 valence electrons. The molecule has 0 aliphatic rings. The van der Waals surface area contributed by atoms with Crippen molar-refractivity contribution in [1.82, 2.24) is 0 Å². The monoisotopic (exact) mass is 279 g/mol. The molecule has 21 heavy (non-hydrogen) atoms. The zero-order valence-electron chi connectivity index (χ0n) is 11.9. The van der Waals surface area contributed by atoms with Crippen molar-refractivity contribution < 1.29 is 9.90 Å². The minimum absolute atomic E-state index is 0.174. The molecule has 0 bridgehead atoms. The van der Waals surface area contributed by atoms with Gasteiger partial charge in [0.2, 0.25) is 0 Å². The van der Waals surface area contributed by atoms with E-state index in [1.54, 1.807) is 24.3 Å². The van der Waals surface area contributed by atoms with Crippen LogP contribution in [0.25, 0.3) is 0 Å². The van der Waals surface area contributed by atoms with Crippen molar-refractivity contribution in [3.05, 3.63) is 65.2 Å². The first-order valence-corrected chi connectivity index (χ1v) is 6.83. The standard InChI is InChI=1S/C18H17NO2/c1-2-14-8-10-17(11-9-14)19-18(21)16-7-3-5-15(13-16)6-4-12-20/h3,5,7-11,13,20H,2,12H2,1H3,(H,19,21). The molecule has 0 unspecified atom stereocenters. The van der Waals surface area contributed by atoms with Gasteiger partial charge in [0.1, 0.15) is 6.61 Å². The van der Waals surface area contributed by atoms with Crippen LogP contribution in [0.2, 0.25) is 0 Å². The number of hydrogen-bond donors (Lipinski definition) is 2. The van der Waals surface area contributed by atoms with Crippen LogP contribution in [0.3, 0.4) is 0 Å². The summed E-state index contributed by atoms with van der Waals surface area (Å²) in [7, 11) is 0. The molecule has 0 spiro atoms. The van der Waals surface area contributed by atoms with Crippen molar-refractivity contribution in [3.8, 4) is 11.8 Å². The first-order valence-electron chi connectivity index (χ1n) is 6.83. The van der Waals surface area contributed by atoms with E-state index >= 15 is 0 Å². The molecule has 3 nitrogen and oxygen atoms in total. The van der Waals surface area contributed by atoms with Crippen LogP contribution in [0, 0.1) is 11.8 Å². The molecule has 2 rings (SSSR count). The number of rotatable bonds is 3. The van der Waals surface area contributed by atoms with Gasteiger partial charge in [-0.15, -0.1) is 0 Å². The summed E-state index contributed by atoms with van der Waals surface area (Å²) in [5.41, 5.74) is 3.25. The average Bonchev–Trinajstić information content (AvgIpc) is 2.54. The van der Waals surface area contributed by atoms with E-state index in [2.05, 4.69) is 24.1 Å². The van der Waals surface area contributed by atoms with E-state index in [9.17, 15) is 4.79 Å². The Labute approximate surface area is 124 Å². The van der Waals surface area contributed by atoms with Gasteiger partial charge in [0.15, 0.2) is 0 Å². The van der Waals surface area contributed by atoms with Crippen molar-refractivity contribution in [2.75, 3.05) is 11.9 Å². The molecule has 0 saturated heterocycles. The fourth-order valence-corrected chi connectivity index (χ4v) is 1.91.